The molecule has 2 saturated heterocycles. The number of nitrogens with one attached hydrogen (secondary N) is 1. The maximum Gasteiger partial charge on any atom is 0.241 e. The Kier molecular flexibility index (Phi) is 5.22. The lowest BCUT2D eigenvalue weighted by molar-refractivity contribution is -0.129. The smallest absolute Gasteiger partial charge is 0.241 e. The number of likely N-dealkylation sites (tertiary alicyclic amines) is 1. The summed E-state index contributed by atoms with van der Waals surface area (Å²) in [7, 11) is 0. The van der Waals surface area contributed by atoms with E-state index in [1.807, 2.05) is 4.90 Å². The van der Waals surface area contributed by atoms with Crippen molar-refractivity contribution in [1.29, 1.82) is 0 Å². The van der Waals surface area contributed by atoms with Gasteiger partial charge in [0, 0.05) is 19.1 Å². The SMILES string of the molecule is CC(C)C1NCN(CCCN2CCCCC2C)C1=O. The number of carbonyl (C=O) groups is 1. The summed E-state index contributed by atoms with van der Waals surface area (Å²) in [6.07, 6.45) is 5.15. The van der Waals surface area contributed by atoms with Crippen LogP contribution in [-0.4, -0.2) is 54.1 Å². The molecule has 1 amide bonds. The number of hydrogen-bond donors (Lipinski definition) is 1. The monoisotopic (exact) mass is 267 g/mol. The molecule has 2 atom stereocenters. The second kappa shape index (κ2) is 6.71. The minimum atomic E-state index is 0.0360. The Labute approximate surface area is 117 Å². The standard InChI is InChI=1S/C15H29N3O/c1-12(2)14-15(19)18(11-16-14)10-6-9-17-8-5-4-7-13(17)3/h12-14,16H,4-11H2,1-3H3. The van der Waals surface area contributed by atoms with Crippen LogP contribution in [0.5, 0.6) is 0 Å². The van der Waals surface area contributed by atoms with Crippen molar-refractivity contribution < 1.29 is 4.79 Å². The van der Waals surface area contributed by atoms with Crippen LogP contribution in [-0.2, 0) is 4.79 Å². The van der Waals surface area contributed by atoms with Crippen LogP contribution < -0.4 is 5.32 Å². The Morgan fingerprint density at radius 2 is 2.11 bits per heavy atom. The van der Waals surface area contributed by atoms with Crippen molar-refractivity contribution in [1.82, 2.24) is 15.1 Å². The molecule has 2 aliphatic heterocycles. The van der Waals surface area contributed by atoms with Crippen LogP contribution in [0, 0.1) is 5.92 Å². The summed E-state index contributed by atoms with van der Waals surface area (Å²) in [5, 5.41) is 3.32. The molecule has 4 heteroatoms. The highest BCUT2D eigenvalue weighted by Crippen LogP contribution is 2.17. The van der Waals surface area contributed by atoms with Crippen molar-refractivity contribution in [2.24, 2.45) is 5.92 Å². The summed E-state index contributed by atoms with van der Waals surface area (Å²) in [6, 6.07) is 0.762. The number of hydrogen-bond acceptors (Lipinski definition) is 3. The third-order valence-corrected chi connectivity index (χ3v) is 4.56. The molecule has 2 heterocycles. The Morgan fingerprint density at radius 3 is 2.74 bits per heavy atom. The van der Waals surface area contributed by atoms with Gasteiger partial charge in [0.2, 0.25) is 5.91 Å². The van der Waals surface area contributed by atoms with Crippen molar-refractivity contribution in [2.45, 2.75) is 58.5 Å². The Bertz CT molecular complexity index is 306. The van der Waals surface area contributed by atoms with Gasteiger partial charge in [-0.1, -0.05) is 20.3 Å². The normalized spacial score (nSPS) is 29.5. The fourth-order valence-electron chi connectivity index (χ4n) is 3.24. The van der Waals surface area contributed by atoms with Gasteiger partial charge < -0.3 is 9.80 Å². The van der Waals surface area contributed by atoms with Gasteiger partial charge in [0.15, 0.2) is 0 Å². The van der Waals surface area contributed by atoms with Gasteiger partial charge in [0.25, 0.3) is 0 Å². The zero-order valence-electron chi connectivity index (χ0n) is 12.7. The molecule has 110 valence electrons. The Balaban J connectivity index is 1.70. The minimum Gasteiger partial charge on any atom is -0.328 e. The lowest BCUT2D eigenvalue weighted by Crippen LogP contribution is -2.40. The third-order valence-electron chi connectivity index (χ3n) is 4.56. The lowest BCUT2D eigenvalue weighted by atomic mass is 10.0. The molecule has 0 spiro atoms. The van der Waals surface area contributed by atoms with Crippen LogP contribution in [0.15, 0.2) is 0 Å². The molecule has 0 aromatic carbocycles. The average Bonchev–Trinajstić information content (AvgIpc) is 2.74. The maximum absolute atomic E-state index is 12.1. The van der Waals surface area contributed by atoms with E-state index in [2.05, 4.69) is 31.0 Å². The topological polar surface area (TPSA) is 35.6 Å². The quantitative estimate of drug-likeness (QED) is 0.823. The lowest BCUT2D eigenvalue weighted by Gasteiger charge is -2.33. The van der Waals surface area contributed by atoms with Crippen LogP contribution in [0.2, 0.25) is 0 Å². The average molecular weight is 267 g/mol. The number of nitrogens with zero attached hydrogens (tertiary/aromatic N) is 2. The number of carbonyl (C=O) groups excluding carboxylic acids is 1. The van der Waals surface area contributed by atoms with Crippen molar-refractivity contribution in [3.05, 3.63) is 0 Å². The summed E-state index contributed by atoms with van der Waals surface area (Å²) in [5.41, 5.74) is 0. The summed E-state index contributed by atoms with van der Waals surface area (Å²) in [5.74, 6) is 0.682. The van der Waals surface area contributed by atoms with Gasteiger partial charge in [-0.2, -0.15) is 0 Å². The van der Waals surface area contributed by atoms with Crippen molar-refractivity contribution >= 4 is 5.91 Å². The first-order valence-corrected chi connectivity index (χ1v) is 7.86. The number of rotatable bonds is 5. The van der Waals surface area contributed by atoms with E-state index in [0.29, 0.717) is 11.8 Å². The van der Waals surface area contributed by atoms with Crippen molar-refractivity contribution in [3.63, 3.8) is 0 Å². The van der Waals surface area contributed by atoms with E-state index in [0.717, 1.165) is 32.2 Å². The molecule has 0 aromatic heterocycles. The molecule has 0 aromatic rings. The summed E-state index contributed by atoms with van der Waals surface area (Å²) >= 11 is 0. The van der Waals surface area contributed by atoms with Crippen LogP contribution in [0.3, 0.4) is 0 Å². The van der Waals surface area contributed by atoms with E-state index in [4.69, 9.17) is 0 Å². The maximum atomic E-state index is 12.1. The van der Waals surface area contributed by atoms with Gasteiger partial charge >= 0.3 is 0 Å². The first-order chi connectivity index (χ1) is 9.09. The van der Waals surface area contributed by atoms with Gasteiger partial charge in [0.1, 0.15) is 0 Å². The molecule has 19 heavy (non-hydrogen) atoms. The number of piperidine rings is 1. The molecule has 2 unspecified atom stereocenters. The molecule has 4 nitrogen and oxygen atoms in total. The van der Waals surface area contributed by atoms with Crippen molar-refractivity contribution in [2.75, 3.05) is 26.3 Å². The van der Waals surface area contributed by atoms with E-state index >= 15 is 0 Å². The van der Waals surface area contributed by atoms with E-state index in [9.17, 15) is 4.79 Å². The van der Waals surface area contributed by atoms with Crippen LogP contribution >= 0.6 is 0 Å². The molecule has 0 aliphatic carbocycles. The van der Waals surface area contributed by atoms with Gasteiger partial charge in [-0.15, -0.1) is 0 Å². The van der Waals surface area contributed by atoms with E-state index < -0.39 is 0 Å². The molecular formula is C15H29N3O. The summed E-state index contributed by atoms with van der Waals surface area (Å²) < 4.78 is 0. The Morgan fingerprint density at radius 1 is 1.32 bits per heavy atom. The molecular weight excluding hydrogens is 238 g/mol. The highest BCUT2D eigenvalue weighted by atomic mass is 16.2. The van der Waals surface area contributed by atoms with Crippen molar-refractivity contribution in [3.8, 4) is 0 Å². The van der Waals surface area contributed by atoms with Crippen LogP contribution in [0.25, 0.3) is 0 Å². The molecule has 0 radical (unpaired) electrons. The van der Waals surface area contributed by atoms with Crippen LogP contribution in [0.1, 0.15) is 46.5 Å². The zero-order valence-corrected chi connectivity index (χ0v) is 12.7. The summed E-state index contributed by atoms with van der Waals surface area (Å²) in [6.45, 7) is 10.5. The second-order valence-corrected chi connectivity index (χ2v) is 6.42. The molecule has 0 saturated carbocycles. The molecule has 2 rings (SSSR count). The van der Waals surface area contributed by atoms with Gasteiger partial charge in [0.05, 0.1) is 12.7 Å². The van der Waals surface area contributed by atoms with Crippen LogP contribution in [0.4, 0.5) is 0 Å². The predicted octanol–water partition coefficient (Wildman–Crippen LogP) is 1.66. The van der Waals surface area contributed by atoms with E-state index in [1.165, 1.54) is 25.8 Å². The minimum absolute atomic E-state index is 0.0360. The second-order valence-electron chi connectivity index (χ2n) is 6.42. The fourth-order valence-corrected chi connectivity index (χ4v) is 3.24. The Hall–Kier alpha value is -0.610. The van der Waals surface area contributed by atoms with E-state index in [1.54, 1.807) is 0 Å². The molecule has 1 N–H and O–H groups in total. The van der Waals surface area contributed by atoms with Gasteiger partial charge in [-0.05, 0) is 38.6 Å². The zero-order chi connectivity index (χ0) is 13.8. The molecule has 2 fully saturated rings. The summed E-state index contributed by atoms with van der Waals surface area (Å²) in [4.78, 5) is 16.7. The predicted molar refractivity (Wildman–Crippen MR) is 77.8 cm³/mol. The fraction of sp³-hybridized carbons (Fsp3) is 0.933. The molecule has 0 bridgehead atoms. The van der Waals surface area contributed by atoms with E-state index in [-0.39, 0.29) is 6.04 Å². The first kappa shape index (κ1) is 14.8. The molecule has 2 aliphatic rings. The highest BCUT2D eigenvalue weighted by molar-refractivity contribution is 5.83. The first-order valence-electron chi connectivity index (χ1n) is 7.86. The highest BCUT2D eigenvalue weighted by Gasteiger charge is 2.32. The van der Waals surface area contributed by atoms with Gasteiger partial charge in [-0.3, -0.25) is 10.1 Å². The number of amides is 1. The third kappa shape index (κ3) is 3.69. The largest absolute Gasteiger partial charge is 0.328 e. The van der Waals surface area contributed by atoms with Gasteiger partial charge in [-0.25, -0.2) is 0 Å².